The molecule has 1 aliphatic rings. The van der Waals surface area contributed by atoms with Crippen LogP contribution in [0, 0.1) is 0 Å². The number of rotatable bonds is 0. The second-order valence-electron chi connectivity index (χ2n) is 3.21. The Bertz CT molecular complexity index is 320. The summed E-state index contributed by atoms with van der Waals surface area (Å²) in [6.07, 6.45) is 5.50. The molecule has 1 nitrogen and oxygen atoms in total. The Morgan fingerprint density at radius 2 is 1.85 bits per heavy atom. The Labute approximate surface area is 79.1 Å². The number of Topliss-reactive ketones (excluding diaryl/α,β-unsaturated/α-hetero) is 1. The molecule has 1 aromatic carbocycles. The molecule has 0 radical (unpaired) electrons. The van der Waals surface area contributed by atoms with Gasteiger partial charge in [-0.2, -0.15) is 0 Å². The minimum absolute atomic E-state index is 0.167. The Kier molecular flexibility index (Phi) is 3.44. The third-order valence-corrected chi connectivity index (χ3v) is 1.69. The molecule has 0 amide bonds. The lowest BCUT2D eigenvalue weighted by Gasteiger charge is -1.93. The first-order valence-electron chi connectivity index (χ1n) is 4.42. The first-order valence-corrected chi connectivity index (χ1v) is 4.42. The van der Waals surface area contributed by atoms with Crippen molar-refractivity contribution in [3.8, 4) is 0 Å². The van der Waals surface area contributed by atoms with Crippen molar-refractivity contribution in [3.05, 3.63) is 41.5 Å². The summed E-state index contributed by atoms with van der Waals surface area (Å²) in [5.41, 5.74) is 2.84. The van der Waals surface area contributed by atoms with Gasteiger partial charge >= 0.3 is 0 Å². The van der Waals surface area contributed by atoms with Crippen LogP contribution in [0.5, 0.6) is 0 Å². The van der Waals surface area contributed by atoms with Crippen molar-refractivity contribution in [1.82, 2.24) is 0 Å². The topological polar surface area (TPSA) is 17.1 Å². The van der Waals surface area contributed by atoms with Crippen LogP contribution in [0.2, 0.25) is 0 Å². The Balaban J connectivity index is 0.000000184. The Hall–Kier alpha value is -1.37. The second-order valence-corrected chi connectivity index (χ2v) is 3.21. The first-order chi connectivity index (χ1) is 6.20. The van der Waals surface area contributed by atoms with Crippen LogP contribution in [0.4, 0.5) is 0 Å². The molecular formula is C12H14O. The van der Waals surface area contributed by atoms with E-state index in [0.29, 0.717) is 0 Å². The summed E-state index contributed by atoms with van der Waals surface area (Å²) in [6.45, 7) is 3.06. The summed E-state index contributed by atoms with van der Waals surface area (Å²) in [4.78, 5) is 9.44. The zero-order valence-electron chi connectivity index (χ0n) is 8.08. The molecule has 1 heteroatoms. The molecule has 2 rings (SSSR count). The standard InChI is InChI=1S/C9H8.C3H6O/c1-2-5-9-7-3-6-8(9)4-1;1-3(2)4/h1-6H,7H2;1-2H3. The summed E-state index contributed by atoms with van der Waals surface area (Å²) < 4.78 is 0. The van der Waals surface area contributed by atoms with Gasteiger partial charge in [0.1, 0.15) is 5.78 Å². The average Bonchev–Trinajstić information content (AvgIpc) is 2.49. The maximum absolute atomic E-state index is 9.44. The SMILES string of the molecule is C1=Cc2ccccc2C1.CC(C)=O. The molecule has 0 heterocycles. The van der Waals surface area contributed by atoms with E-state index in [0.717, 1.165) is 6.42 Å². The highest BCUT2D eigenvalue weighted by Crippen LogP contribution is 2.17. The van der Waals surface area contributed by atoms with E-state index in [1.165, 1.54) is 25.0 Å². The van der Waals surface area contributed by atoms with Crippen molar-refractivity contribution in [1.29, 1.82) is 0 Å². The summed E-state index contributed by atoms with van der Waals surface area (Å²) >= 11 is 0. The lowest BCUT2D eigenvalue weighted by Crippen LogP contribution is -1.76. The highest BCUT2D eigenvalue weighted by atomic mass is 16.1. The van der Waals surface area contributed by atoms with E-state index in [1.807, 2.05) is 0 Å². The minimum atomic E-state index is 0.167. The van der Waals surface area contributed by atoms with Gasteiger partial charge in [0.2, 0.25) is 0 Å². The molecule has 1 aliphatic carbocycles. The summed E-state index contributed by atoms with van der Waals surface area (Å²) in [7, 11) is 0. The number of hydrogen-bond donors (Lipinski definition) is 0. The molecule has 0 fully saturated rings. The van der Waals surface area contributed by atoms with Gasteiger partial charge in [-0.05, 0) is 31.4 Å². The predicted octanol–water partition coefficient (Wildman–Crippen LogP) is 2.85. The number of benzene rings is 1. The monoisotopic (exact) mass is 174 g/mol. The van der Waals surface area contributed by atoms with Crippen LogP contribution >= 0.6 is 0 Å². The smallest absolute Gasteiger partial charge is 0.126 e. The van der Waals surface area contributed by atoms with E-state index in [-0.39, 0.29) is 5.78 Å². The highest BCUT2D eigenvalue weighted by molar-refractivity contribution is 5.72. The Morgan fingerprint density at radius 1 is 1.23 bits per heavy atom. The van der Waals surface area contributed by atoms with E-state index in [9.17, 15) is 4.79 Å². The van der Waals surface area contributed by atoms with Gasteiger partial charge < -0.3 is 4.79 Å². The van der Waals surface area contributed by atoms with Gasteiger partial charge in [-0.25, -0.2) is 0 Å². The van der Waals surface area contributed by atoms with Gasteiger partial charge in [-0.15, -0.1) is 0 Å². The van der Waals surface area contributed by atoms with Crippen LogP contribution in [-0.4, -0.2) is 5.78 Å². The van der Waals surface area contributed by atoms with E-state index < -0.39 is 0 Å². The van der Waals surface area contributed by atoms with E-state index in [1.54, 1.807) is 0 Å². The predicted molar refractivity (Wildman–Crippen MR) is 55.5 cm³/mol. The third-order valence-electron chi connectivity index (χ3n) is 1.69. The van der Waals surface area contributed by atoms with Gasteiger partial charge in [0, 0.05) is 0 Å². The zero-order valence-corrected chi connectivity index (χ0v) is 8.08. The molecule has 13 heavy (non-hydrogen) atoms. The van der Waals surface area contributed by atoms with Crippen molar-refractivity contribution >= 4 is 11.9 Å². The minimum Gasteiger partial charge on any atom is -0.300 e. The molecule has 0 saturated heterocycles. The molecule has 0 N–H and O–H groups in total. The Morgan fingerprint density at radius 3 is 2.46 bits per heavy atom. The molecule has 0 saturated carbocycles. The molecule has 0 bridgehead atoms. The fraction of sp³-hybridized carbons (Fsp3) is 0.250. The van der Waals surface area contributed by atoms with Gasteiger partial charge in [0.25, 0.3) is 0 Å². The van der Waals surface area contributed by atoms with Crippen molar-refractivity contribution in [3.63, 3.8) is 0 Å². The fourth-order valence-corrected chi connectivity index (χ4v) is 1.20. The summed E-state index contributed by atoms with van der Waals surface area (Å²) in [5.74, 6) is 0.167. The lowest BCUT2D eigenvalue weighted by atomic mass is 10.1. The van der Waals surface area contributed by atoms with Gasteiger partial charge in [-0.1, -0.05) is 36.4 Å². The molecular weight excluding hydrogens is 160 g/mol. The van der Waals surface area contributed by atoms with E-state index in [4.69, 9.17) is 0 Å². The van der Waals surface area contributed by atoms with E-state index >= 15 is 0 Å². The summed E-state index contributed by atoms with van der Waals surface area (Å²) in [5, 5.41) is 0. The number of allylic oxidation sites excluding steroid dienone is 1. The zero-order chi connectivity index (χ0) is 9.68. The normalized spacial score (nSPS) is 11.5. The third kappa shape index (κ3) is 3.24. The lowest BCUT2D eigenvalue weighted by molar-refractivity contribution is -0.114. The van der Waals surface area contributed by atoms with Crippen LogP contribution in [-0.2, 0) is 11.2 Å². The average molecular weight is 174 g/mol. The molecule has 0 aromatic heterocycles. The number of fused-ring (bicyclic) bond motifs is 1. The van der Waals surface area contributed by atoms with Crippen LogP contribution in [0.25, 0.3) is 6.08 Å². The number of ketones is 1. The van der Waals surface area contributed by atoms with Gasteiger partial charge in [-0.3, -0.25) is 0 Å². The fourth-order valence-electron chi connectivity index (χ4n) is 1.20. The van der Waals surface area contributed by atoms with Crippen molar-refractivity contribution < 1.29 is 4.79 Å². The maximum atomic E-state index is 9.44. The largest absolute Gasteiger partial charge is 0.300 e. The molecule has 68 valence electrons. The van der Waals surface area contributed by atoms with Crippen molar-refractivity contribution in [2.75, 3.05) is 0 Å². The first kappa shape index (κ1) is 9.72. The molecule has 0 unspecified atom stereocenters. The highest BCUT2D eigenvalue weighted by Gasteiger charge is 2.00. The van der Waals surface area contributed by atoms with E-state index in [2.05, 4.69) is 36.4 Å². The van der Waals surface area contributed by atoms with Gasteiger partial charge in [0.15, 0.2) is 0 Å². The van der Waals surface area contributed by atoms with Crippen LogP contribution in [0.1, 0.15) is 25.0 Å². The number of carbonyl (C=O) groups excluding carboxylic acids is 1. The molecule has 0 spiro atoms. The second kappa shape index (κ2) is 4.61. The van der Waals surface area contributed by atoms with Crippen molar-refractivity contribution in [2.24, 2.45) is 0 Å². The maximum Gasteiger partial charge on any atom is 0.126 e. The van der Waals surface area contributed by atoms with Gasteiger partial charge in [0.05, 0.1) is 0 Å². The molecule has 0 aliphatic heterocycles. The number of hydrogen-bond acceptors (Lipinski definition) is 1. The molecule has 1 aromatic rings. The molecule has 0 atom stereocenters. The van der Waals surface area contributed by atoms with Crippen LogP contribution < -0.4 is 0 Å². The van der Waals surface area contributed by atoms with Crippen LogP contribution in [0.3, 0.4) is 0 Å². The number of carbonyl (C=O) groups is 1. The van der Waals surface area contributed by atoms with Crippen molar-refractivity contribution in [2.45, 2.75) is 20.3 Å². The quantitative estimate of drug-likeness (QED) is 0.591. The van der Waals surface area contributed by atoms with Crippen LogP contribution in [0.15, 0.2) is 30.3 Å². The summed E-state index contributed by atoms with van der Waals surface area (Å²) in [6, 6.07) is 8.49.